The molecule has 0 saturated carbocycles. The highest BCUT2D eigenvalue weighted by molar-refractivity contribution is 6.74. The summed E-state index contributed by atoms with van der Waals surface area (Å²) >= 11 is 0. The molecule has 0 aliphatic heterocycles. The lowest BCUT2D eigenvalue weighted by molar-refractivity contribution is -0.114. The van der Waals surface area contributed by atoms with Crippen LogP contribution >= 0.6 is 0 Å². The summed E-state index contributed by atoms with van der Waals surface area (Å²) < 4.78 is 13.0. The smallest absolute Gasteiger partial charge is 0.192 e. The van der Waals surface area contributed by atoms with E-state index in [2.05, 4.69) is 74.7 Å². The Balaban J connectivity index is 5.18. The van der Waals surface area contributed by atoms with E-state index >= 15 is 0 Å². The van der Waals surface area contributed by atoms with Crippen molar-refractivity contribution in [3.63, 3.8) is 0 Å². The van der Waals surface area contributed by atoms with Gasteiger partial charge in [-0.1, -0.05) is 55.4 Å². The van der Waals surface area contributed by atoms with Crippen LogP contribution in [0.3, 0.4) is 0 Å². The van der Waals surface area contributed by atoms with Crippen molar-refractivity contribution in [2.24, 2.45) is 11.8 Å². The fraction of sp³-hybridized carbons (Fsp3) is 0.947. The van der Waals surface area contributed by atoms with Gasteiger partial charge in [-0.05, 0) is 36.3 Å². The quantitative estimate of drug-likeness (QED) is 0.394. The molecule has 0 aliphatic carbocycles. The maximum absolute atomic E-state index is 11.4. The minimum atomic E-state index is -1.92. The lowest BCUT2D eigenvalue weighted by Gasteiger charge is -2.43. The minimum Gasteiger partial charge on any atom is -0.416 e. The summed E-state index contributed by atoms with van der Waals surface area (Å²) in [6, 6.07) is 0. The number of hydrogen-bond acceptors (Lipinski definition) is 3. The zero-order valence-electron chi connectivity index (χ0n) is 18.2. The number of rotatable bonds is 8. The first-order valence-corrected chi connectivity index (χ1v) is 15.0. The van der Waals surface area contributed by atoms with E-state index in [4.69, 9.17) is 8.85 Å². The number of hydrogen-bond donors (Lipinski definition) is 0. The first kappa shape index (κ1) is 24.0. The van der Waals surface area contributed by atoms with Crippen LogP contribution in [0.25, 0.3) is 0 Å². The molecule has 0 N–H and O–H groups in total. The van der Waals surface area contributed by atoms with Crippen molar-refractivity contribution < 1.29 is 13.6 Å². The van der Waals surface area contributed by atoms with E-state index in [9.17, 15) is 4.79 Å². The Morgan fingerprint density at radius 1 is 0.875 bits per heavy atom. The van der Waals surface area contributed by atoms with Crippen LogP contribution in [-0.4, -0.2) is 35.6 Å². The van der Waals surface area contributed by atoms with Crippen molar-refractivity contribution in [1.29, 1.82) is 0 Å². The number of carbonyl (C=O) groups excluding carboxylic acids is 1. The summed E-state index contributed by atoms with van der Waals surface area (Å²) in [6.07, 6.45) is 0.953. The van der Waals surface area contributed by atoms with Crippen LogP contribution in [0.4, 0.5) is 0 Å². The SMILES string of the molecule is C[C@H](CO[Si](C)(C)C(C)(C)C)[C@@H](O[Si](C)(C)C(C)(C)C)[C@@H](C)C=O. The van der Waals surface area contributed by atoms with Gasteiger partial charge in [0.25, 0.3) is 0 Å². The molecule has 0 aliphatic rings. The van der Waals surface area contributed by atoms with Crippen LogP contribution in [0, 0.1) is 11.8 Å². The Hall–Kier alpha value is 0.0238. The molecule has 3 nitrogen and oxygen atoms in total. The second-order valence-corrected chi connectivity index (χ2v) is 20.0. The molecular weight excluding hydrogens is 332 g/mol. The van der Waals surface area contributed by atoms with E-state index in [1.807, 2.05) is 6.92 Å². The molecule has 0 saturated heterocycles. The third-order valence-electron chi connectivity index (χ3n) is 6.04. The highest BCUT2D eigenvalue weighted by Gasteiger charge is 2.42. The molecule has 144 valence electrons. The molecule has 0 unspecified atom stereocenters. The van der Waals surface area contributed by atoms with Crippen molar-refractivity contribution >= 4 is 22.9 Å². The fourth-order valence-corrected chi connectivity index (χ4v) is 4.58. The molecule has 0 heterocycles. The van der Waals surface area contributed by atoms with Crippen molar-refractivity contribution in [2.75, 3.05) is 6.61 Å². The minimum absolute atomic E-state index is 0.0758. The Morgan fingerprint density at radius 2 is 1.29 bits per heavy atom. The Bertz CT molecular complexity index is 406. The molecule has 0 aromatic rings. The van der Waals surface area contributed by atoms with Gasteiger partial charge < -0.3 is 13.6 Å². The Morgan fingerprint density at radius 3 is 1.62 bits per heavy atom. The topological polar surface area (TPSA) is 35.5 Å². The fourth-order valence-electron chi connectivity index (χ4n) is 1.99. The van der Waals surface area contributed by atoms with Gasteiger partial charge in [0.15, 0.2) is 16.6 Å². The summed E-state index contributed by atoms with van der Waals surface area (Å²) in [5.41, 5.74) is 0. The predicted molar refractivity (Wildman–Crippen MR) is 110 cm³/mol. The van der Waals surface area contributed by atoms with Crippen LogP contribution < -0.4 is 0 Å². The number of carbonyl (C=O) groups is 1. The second-order valence-electron chi connectivity index (χ2n) is 10.4. The largest absolute Gasteiger partial charge is 0.416 e. The highest BCUT2D eigenvalue weighted by Crippen LogP contribution is 2.40. The predicted octanol–water partition coefficient (Wildman–Crippen LogP) is 5.87. The Labute approximate surface area is 153 Å². The van der Waals surface area contributed by atoms with Crippen molar-refractivity contribution in [3.05, 3.63) is 0 Å². The Kier molecular flexibility index (Phi) is 8.16. The molecule has 3 atom stereocenters. The summed E-state index contributed by atoms with van der Waals surface area (Å²) in [5, 5.41) is 0.326. The van der Waals surface area contributed by atoms with Crippen LogP contribution in [-0.2, 0) is 13.6 Å². The molecule has 0 rings (SSSR count). The molecule has 0 spiro atoms. The van der Waals surface area contributed by atoms with Gasteiger partial charge in [-0.2, -0.15) is 0 Å². The number of aldehydes is 1. The van der Waals surface area contributed by atoms with Gasteiger partial charge >= 0.3 is 0 Å². The lowest BCUT2D eigenvalue weighted by Crippen LogP contribution is -2.49. The van der Waals surface area contributed by atoms with Crippen molar-refractivity contribution in [3.8, 4) is 0 Å². The normalized spacial score (nSPS) is 18.2. The van der Waals surface area contributed by atoms with Crippen LogP contribution in [0.2, 0.25) is 36.3 Å². The molecule has 5 heteroatoms. The van der Waals surface area contributed by atoms with E-state index in [1.54, 1.807) is 0 Å². The maximum atomic E-state index is 11.4. The third kappa shape index (κ3) is 6.39. The average molecular weight is 375 g/mol. The van der Waals surface area contributed by atoms with Gasteiger partial charge in [-0.15, -0.1) is 0 Å². The van der Waals surface area contributed by atoms with E-state index in [0.29, 0.717) is 6.61 Å². The van der Waals surface area contributed by atoms with Gasteiger partial charge in [-0.25, -0.2) is 0 Å². The van der Waals surface area contributed by atoms with E-state index in [0.717, 1.165) is 6.29 Å². The van der Waals surface area contributed by atoms with Gasteiger partial charge in [0.2, 0.25) is 0 Å². The van der Waals surface area contributed by atoms with Gasteiger partial charge in [0, 0.05) is 18.4 Å². The molecule has 0 radical (unpaired) electrons. The summed E-state index contributed by atoms with van der Waals surface area (Å²) in [6.45, 7) is 27.3. The highest BCUT2D eigenvalue weighted by atomic mass is 28.4. The van der Waals surface area contributed by atoms with Crippen LogP contribution in [0.5, 0.6) is 0 Å². The van der Waals surface area contributed by atoms with E-state index < -0.39 is 16.6 Å². The molecule has 0 fully saturated rings. The molecular formula is C19H42O3Si2. The first-order chi connectivity index (χ1) is 10.5. The first-order valence-electron chi connectivity index (χ1n) is 9.23. The summed E-state index contributed by atoms with van der Waals surface area (Å²) in [4.78, 5) is 11.4. The van der Waals surface area contributed by atoms with Crippen LogP contribution in [0.1, 0.15) is 55.4 Å². The van der Waals surface area contributed by atoms with E-state index in [1.165, 1.54) is 0 Å². The van der Waals surface area contributed by atoms with Gasteiger partial charge in [-0.3, -0.25) is 0 Å². The summed E-state index contributed by atoms with van der Waals surface area (Å²) in [7, 11) is -3.71. The standard InChI is InChI=1S/C19H42O3Si2/c1-15(13-20)17(22-24(11,12)19(6,7)8)16(2)14-21-23(9,10)18(3,4)5/h13,15-17H,14H2,1-12H3/t15-,16+,17-/m0/s1. The summed E-state index contributed by atoms with van der Waals surface area (Å²) in [5.74, 6) is 0.0885. The molecule has 24 heavy (non-hydrogen) atoms. The van der Waals surface area contributed by atoms with Crippen LogP contribution in [0.15, 0.2) is 0 Å². The third-order valence-corrected chi connectivity index (χ3v) is 15.0. The lowest BCUT2D eigenvalue weighted by atomic mass is 9.95. The average Bonchev–Trinajstić information content (AvgIpc) is 2.38. The zero-order chi connectivity index (χ0) is 19.6. The molecule has 0 aromatic carbocycles. The maximum Gasteiger partial charge on any atom is 0.192 e. The van der Waals surface area contributed by atoms with Gasteiger partial charge in [0.1, 0.15) is 6.29 Å². The van der Waals surface area contributed by atoms with Crippen molar-refractivity contribution in [2.45, 2.75) is 97.8 Å². The zero-order valence-corrected chi connectivity index (χ0v) is 20.2. The van der Waals surface area contributed by atoms with Gasteiger partial charge in [0.05, 0.1) is 6.10 Å². The molecule has 0 amide bonds. The second kappa shape index (κ2) is 8.15. The molecule has 0 bridgehead atoms. The molecule has 0 aromatic heterocycles. The van der Waals surface area contributed by atoms with Crippen molar-refractivity contribution in [1.82, 2.24) is 0 Å². The van der Waals surface area contributed by atoms with E-state index in [-0.39, 0.29) is 28.0 Å². The monoisotopic (exact) mass is 374 g/mol.